The van der Waals surface area contributed by atoms with Gasteiger partial charge in [0.15, 0.2) is 11.8 Å². The number of halogens is 1. The van der Waals surface area contributed by atoms with Crippen LogP contribution >= 0.6 is 24.0 Å². The molecule has 2 aromatic rings. The second-order valence-corrected chi connectivity index (χ2v) is 5.81. The molecule has 1 aliphatic rings. The molecule has 1 aliphatic heterocycles. The predicted molar refractivity (Wildman–Crippen MR) is 106 cm³/mol. The number of fused-ring (bicyclic) bond motifs is 1. The molecule has 0 aromatic carbocycles. The molecule has 25 heavy (non-hydrogen) atoms. The van der Waals surface area contributed by atoms with Gasteiger partial charge in [-0.05, 0) is 12.8 Å². The number of nitrogens with one attached hydrogen (secondary N) is 2. The van der Waals surface area contributed by atoms with Crippen LogP contribution < -0.4 is 10.6 Å². The first-order valence-electron chi connectivity index (χ1n) is 8.58. The average molecular weight is 459 g/mol. The minimum atomic E-state index is 0. The van der Waals surface area contributed by atoms with Crippen molar-refractivity contribution in [3.63, 3.8) is 0 Å². The lowest BCUT2D eigenvalue weighted by molar-refractivity contribution is 0.380. The molecular weight excluding hydrogens is 433 g/mol. The molecule has 0 saturated carbocycles. The number of aliphatic imine (C=N–C) groups is 1. The van der Waals surface area contributed by atoms with Gasteiger partial charge < -0.3 is 19.7 Å². The number of rotatable bonds is 6. The van der Waals surface area contributed by atoms with E-state index in [0.717, 1.165) is 66.9 Å². The normalized spacial score (nSPS) is 13.5. The van der Waals surface area contributed by atoms with Crippen molar-refractivity contribution >= 4 is 29.9 Å². The Labute approximate surface area is 164 Å². The molecule has 8 nitrogen and oxygen atoms in total. The third-order valence-corrected chi connectivity index (χ3v) is 4.36. The van der Waals surface area contributed by atoms with Crippen molar-refractivity contribution in [2.45, 2.75) is 59.2 Å². The highest BCUT2D eigenvalue weighted by atomic mass is 127. The van der Waals surface area contributed by atoms with Crippen molar-refractivity contribution in [1.29, 1.82) is 0 Å². The highest BCUT2D eigenvalue weighted by Gasteiger charge is 2.17. The van der Waals surface area contributed by atoms with E-state index in [1.807, 2.05) is 0 Å². The summed E-state index contributed by atoms with van der Waals surface area (Å²) >= 11 is 0. The third-order valence-electron chi connectivity index (χ3n) is 4.36. The summed E-state index contributed by atoms with van der Waals surface area (Å²) in [6, 6.07) is 0. The maximum Gasteiger partial charge on any atom is 0.191 e. The Morgan fingerprint density at radius 3 is 2.72 bits per heavy atom. The lowest BCUT2D eigenvalue weighted by Crippen LogP contribution is -2.37. The van der Waals surface area contributed by atoms with E-state index in [2.05, 4.69) is 49.4 Å². The Bertz CT molecular complexity index is 701. The summed E-state index contributed by atoms with van der Waals surface area (Å²) in [4.78, 5) is 4.28. The van der Waals surface area contributed by atoms with Gasteiger partial charge in [0.05, 0.1) is 12.2 Å². The van der Waals surface area contributed by atoms with Gasteiger partial charge in [-0.2, -0.15) is 0 Å². The van der Waals surface area contributed by atoms with Crippen molar-refractivity contribution in [1.82, 2.24) is 30.6 Å². The first kappa shape index (κ1) is 19.7. The fourth-order valence-corrected chi connectivity index (χ4v) is 3.03. The van der Waals surface area contributed by atoms with Gasteiger partial charge in [-0.15, -0.1) is 34.2 Å². The van der Waals surface area contributed by atoms with E-state index >= 15 is 0 Å². The molecule has 0 fully saturated rings. The summed E-state index contributed by atoms with van der Waals surface area (Å²) in [5.41, 5.74) is 2.14. The zero-order valence-electron chi connectivity index (χ0n) is 15.0. The van der Waals surface area contributed by atoms with Crippen LogP contribution in [0.25, 0.3) is 0 Å². The molecule has 0 bridgehead atoms. The minimum absolute atomic E-state index is 0. The SMILES string of the molecule is CCc1noc(CC)c1CNC(=NC)NCc1nnc2n1CCC2.I. The second-order valence-electron chi connectivity index (χ2n) is 5.81. The van der Waals surface area contributed by atoms with Crippen molar-refractivity contribution in [2.24, 2.45) is 4.99 Å². The van der Waals surface area contributed by atoms with E-state index in [9.17, 15) is 0 Å². The molecule has 2 N–H and O–H groups in total. The van der Waals surface area contributed by atoms with E-state index in [1.54, 1.807) is 7.05 Å². The largest absolute Gasteiger partial charge is 0.361 e. The maximum atomic E-state index is 5.40. The van der Waals surface area contributed by atoms with Gasteiger partial charge in [0, 0.05) is 38.5 Å². The van der Waals surface area contributed by atoms with E-state index in [4.69, 9.17) is 4.52 Å². The molecule has 138 valence electrons. The van der Waals surface area contributed by atoms with E-state index in [0.29, 0.717) is 13.1 Å². The predicted octanol–water partition coefficient (Wildman–Crippen LogP) is 1.82. The molecular formula is C16H26IN7O. The van der Waals surface area contributed by atoms with Crippen molar-refractivity contribution < 1.29 is 4.52 Å². The smallest absolute Gasteiger partial charge is 0.191 e. The van der Waals surface area contributed by atoms with E-state index in [1.165, 1.54) is 0 Å². The molecule has 0 atom stereocenters. The van der Waals surface area contributed by atoms with Gasteiger partial charge in [-0.1, -0.05) is 19.0 Å². The lowest BCUT2D eigenvalue weighted by Gasteiger charge is -2.12. The summed E-state index contributed by atoms with van der Waals surface area (Å²) in [5, 5.41) is 19.3. The summed E-state index contributed by atoms with van der Waals surface area (Å²) in [7, 11) is 1.76. The van der Waals surface area contributed by atoms with Crippen LogP contribution in [0.3, 0.4) is 0 Å². The van der Waals surface area contributed by atoms with Crippen LogP contribution in [-0.2, 0) is 38.9 Å². The van der Waals surface area contributed by atoms with E-state index in [-0.39, 0.29) is 24.0 Å². The topological polar surface area (TPSA) is 93.2 Å². The number of nitrogens with zero attached hydrogens (tertiary/aromatic N) is 5. The molecule has 0 unspecified atom stereocenters. The Morgan fingerprint density at radius 2 is 2.00 bits per heavy atom. The summed E-state index contributed by atoms with van der Waals surface area (Å²) < 4.78 is 7.58. The summed E-state index contributed by atoms with van der Waals surface area (Å²) in [6.45, 7) is 6.42. The zero-order chi connectivity index (χ0) is 16.9. The van der Waals surface area contributed by atoms with Crippen LogP contribution in [0.4, 0.5) is 0 Å². The maximum absolute atomic E-state index is 5.40. The van der Waals surface area contributed by atoms with Gasteiger partial charge in [-0.25, -0.2) is 0 Å². The van der Waals surface area contributed by atoms with Crippen LogP contribution in [0.5, 0.6) is 0 Å². The highest BCUT2D eigenvalue weighted by Crippen LogP contribution is 2.15. The molecule has 0 amide bonds. The monoisotopic (exact) mass is 459 g/mol. The Morgan fingerprint density at radius 1 is 1.20 bits per heavy atom. The molecule has 0 aliphatic carbocycles. The van der Waals surface area contributed by atoms with Crippen molar-refractivity contribution in [2.75, 3.05) is 7.05 Å². The molecule has 3 rings (SSSR count). The van der Waals surface area contributed by atoms with E-state index < -0.39 is 0 Å². The number of aromatic nitrogens is 4. The average Bonchev–Trinajstić information content (AvgIpc) is 3.30. The summed E-state index contributed by atoms with van der Waals surface area (Å²) in [5.74, 6) is 3.71. The van der Waals surface area contributed by atoms with Crippen LogP contribution in [0, 0.1) is 0 Å². The zero-order valence-corrected chi connectivity index (χ0v) is 17.3. The van der Waals surface area contributed by atoms with Gasteiger partial charge in [0.1, 0.15) is 11.6 Å². The fourth-order valence-electron chi connectivity index (χ4n) is 3.03. The number of aryl methyl sites for hydroxylation is 3. The molecule has 3 heterocycles. The van der Waals surface area contributed by atoms with Gasteiger partial charge in [0.2, 0.25) is 0 Å². The standard InChI is InChI=1S/C16H25N7O.HI/c1-4-12-11(13(5-2)24-22-12)9-18-16(17-3)19-10-15-21-20-14-7-6-8-23(14)15;/h4-10H2,1-3H3,(H2,17,18,19);1H. The van der Waals surface area contributed by atoms with Crippen LogP contribution in [0.2, 0.25) is 0 Å². The summed E-state index contributed by atoms with van der Waals surface area (Å²) in [6.07, 6.45) is 3.87. The Hall–Kier alpha value is -1.65. The molecule has 2 aromatic heterocycles. The highest BCUT2D eigenvalue weighted by molar-refractivity contribution is 14.0. The van der Waals surface area contributed by atoms with Crippen molar-refractivity contribution in [3.8, 4) is 0 Å². The molecule has 0 spiro atoms. The molecule has 0 radical (unpaired) electrons. The lowest BCUT2D eigenvalue weighted by atomic mass is 10.1. The third kappa shape index (κ3) is 4.31. The number of hydrogen-bond donors (Lipinski definition) is 2. The fraction of sp³-hybridized carbons (Fsp3) is 0.625. The quantitative estimate of drug-likeness (QED) is 0.389. The van der Waals surface area contributed by atoms with Crippen LogP contribution in [-0.4, -0.2) is 32.9 Å². The minimum Gasteiger partial charge on any atom is -0.361 e. The molecule has 9 heteroatoms. The Kier molecular flexibility index (Phi) is 7.21. The Balaban J connectivity index is 0.00000225. The van der Waals surface area contributed by atoms with Gasteiger partial charge in [0.25, 0.3) is 0 Å². The second kappa shape index (κ2) is 9.16. The van der Waals surface area contributed by atoms with Gasteiger partial charge >= 0.3 is 0 Å². The van der Waals surface area contributed by atoms with Crippen LogP contribution in [0.15, 0.2) is 9.52 Å². The number of hydrogen-bond acceptors (Lipinski definition) is 5. The first-order valence-corrected chi connectivity index (χ1v) is 8.58. The first-order chi connectivity index (χ1) is 11.8. The van der Waals surface area contributed by atoms with Crippen molar-refractivity contribution in [3.05, 3.63) is 28.7 Å². The van der Waals surface area contributed by atoms with Crippen LogP contribution in [0.1, 0.15) is 48.9 Å². The number of guanidine groups is 1. The van der Waals surface area contributed by atoms with Gasteiger partial charge in [-0.3, -0.25) is 4.99 Å². The molecule has 0 saturated heterocycles.